The largest absolute Gasteiger partial charge is 0.316 e. The lowest BCUT2D eigenvalue weighted by Gasteiger charge is -2.28. The van der Waals surface area contributed by atoms with E-state index < -0.39 is 0 Å². The lowest BCUT2D eigenvalue weighted by Crippen LogP contribution is -2.38. The second-order valence-corrected chi connectivity index (χ2v) is 6.63. The predicted molar refractivity (Wildman–Crippen MR) is 75.8 cm³/mol. The van der Waals surface area contributed by atoms with Gasteiger partial charge in [0.15, 0.2) is 0 Å². The van der Waals surface area contributed by atoms with Gasteiger partial charge in [-0.05, 0) is 32.9 Å². The molecular formula is C13H25N3S. The Bertz CT molecular complexity index is 331. The van der Waals surface area contributed by atoms with E-state index in [1.807, 2.05) is 5.51 Å². The molecule has 1 N–H and O–H groups in total. The monoisotopic (exact) mass is 255 g/mol. The van der Waals surface area contributed by atoms with Crippen LogP contribution in [-0.4, -0.2) is 43.6 Å². The molecule has 0 aliphatic carbocycles. The van der Waals surface area contributed by atoms with Crippen LogP contribution in [0.15, 0.2) is 5.51 Å². The van der Waals surface area contributed by atoms with Gasteiger partial charge in [-0.15, -0.1) is 11.3 Å². The van der Waals surface area contributed by atoms with Gasteiger partial charge < -0.3 is 10.2 Å². The molecule has 0 aliphatic heterocycles. The summed E-state index contributed by atoms with van der Waals surface area (Å²) in [6.45, 7) is 9.90. The van der Waals surface area contributed by atoms with Crippen molar-refractivity contribution in [1.82, 2.24) is 15.2 Å². The highest BCUT2D eigenvalue weighted by Gasteiger charge is 2.17. The first-order chi connectivity index (χ1) is 7.91. The third kappa shape index (κ3) is 5.61. The van der Waals surface area contributed by atoms with Gasteiger partial charge in [0.25, 0.3) is 0 Å². The van der Waals surface area contributed by atoms with Crippen LogP contribution < -0.4 is 5.32 Å². The van der Waals surface area contributed by atoms with Crippen LogP contribution in [0.25, 0.3) is 0 Å². The molecule has 3 nitrogen and oxygen atoms in total. The van der Waals surface area contributed by atoms with Crippen molar-refractivity contribution in [3.8, 4) is 0 Å². The van der Waals surface area contributed by atoms with Gasteiger partial charge in [0.2, 0.25) is 0 Å². The Hall–Kier alpha value is -0.450. The van der Waals surface area contributed by atoms with Crippen LogP contribution in [0, 0.1) is 12.3 Å². The van der Waals surface area contributed by atoms with E-state index in [-0.39, 0.29) is 0 Å². The van der Waals surface area contributed by atoms with Crippen LogP contribution in [0.5, 0.6) is 0 Å². The standard InChI is InChI=1S/C13H25N3S/c1-11-12(17-10-15-11)6-7-14-8-13(2,3)9-16(4)5/h10,14H,6-9H2,1-5H3. The molecule has 0 saturated carbocycles. The molecule has 0 atom stereocenters. The maximum Gasteiger partial charge on any atom is 0.0797 e. The summed E-state index contributed by atoms with van der Waals surface area (Å²) >= 11 is 1.76. The Labute approximate surface area is 109 Å². The van der Waals surface area contributed by atoms with Crippen molar-refractivity contribution in [3.05, 3.63) is 16.1 Å². The molecule has 1 aromatic heterocycles. The molecule has 98 valence electrons. The van der Waals surface area contributed by atoms with Crippen molar-refractivity contribution < 1.29 is 0 Å². The molecule has 17 heavy (non-hydrogen) atoms. The highest BCUT2D eigenvalue weighted by Crippen LogP contribution is 2.15. The summed E-state index contributed by atoms with van der Waals surface area (Å²) in [5.41, 5.74) is 3.44. The molecule has 0 bridgehead atoms. The number of nitrogens with one attached hydrogen (secondary N) is 1. The normalized spacial score (nSPS) is 12.4. The van der Waals surface area contributed by atoms with Crippen molar-refractivity contribution in [1.29, 1.82) is 0 Å². The molecule has 1 rings (SSSR count). The number of nitrogens with zero attached hydrogens (tertiary/aromatic N) is 2. The Balaban J connectivity index is 2.22. The molecule has 0 unspecified atom stereocenters. The van der Waals surface area contributed by atoms with Gasteiger partial charge >= 0.3 is 0 Å². The maximum absolute atomic E-state index is 4.27. The van der Waals surface area contributed by atoms with Gasteiger partial charge in [-0.1, -0.05) is 13.8 Å². The molecule has 0 spiro atoms. The van der Waals surface area contributed by atoms with Crippen LogP contribution in [0.4, 0.5) is 0 Å². The molecule has 4 heteroatoms. The lowest BCUT2D eigenvalue weighted by atomic mass is 9.93. The molecule has 0 radical (unpaired) electrons. The second-order valence-electron chi connectivity index (χ2n) is 5.69. The fraction of sp³-hybridized carbons (Fsp3) is 0.769. The summed E-state index contributed by atoms with van der Waals surface area (Å²) < 4.78 is 0. The first-order valence-corrected chi connectivity index (χ1v) is 7.03. The number of hydrogen-bond acceptors (Lipinski definition) is 4. The summed E-state index contributed by atoms with van der Waals surface area (Å²) in [6, 6.07) is 0. The molecule has 0 amide bonds. The third-order valence-electron chi connectivity index (χ3n) is 2.72. The molecule has 0 aromatic carbocycles. The number of thiazole rings is 1. The Kier molecular flexibility index (Phi) is 5.56. The average molecular weight is 255 g/mol. The Morgan fingerprint density at radius 2 is 2.12 bits per heavy atom. The Morgan fingerprint density at radius 3 is 2.65 bits per heavy atom. The van der Waals surface area contributed by atoms with E-state index in [1.165, 1.54) is 10.6 Å². The number of aryl methyl sites for hydroxylation is 1. The quantitative estimate of drug-likeness (QED) is 0.757. The van der Waals surface area contributed by atoms with Gasteiger partial charge in [-0.3, -0.25) is 0 Å². The third-order valence-corrected chi connectivity index (χ3v) is 3.72. The summed E-state index contributed by atoms with van der Waals surface area (Å²) in [6.07, 6.45) is 1.09. The van der Waals surface area contributed by atoms with E-state index in [4.69, 9.17) is 0 Å². The van der Waals surface area contributed by atoms with E-state index in [9.17, 15) is 0 Å². The van der Waals surface area contributed by atoms with E-state index in [1.54, 1.807) is 11.3 Å². The Morgan fingerprint density at radius 1 is 1.41 bits per heavy atom. The van der Waals surface area contributed by atoms with E-state index in [0.717, 1.165) is 26.1 Å². The van der Waals surface area contributed by atoms with Crippen LogP contribution in [0.2, 0.25) is 0 Å². The minimum Gasteiger partial charge on any atom is -0.316 e. The SMILES string of the molecule is Cc1ncsc1CCNCC(C)(C)CN(C)C. The molecule has 0 aliphatic rings. The van der Waals surface area contributed by atoms with Gasteiger partial charge in [0.1, 0.15) is 0 Å². The maximum atomic E-state index is 4.27. The summed E-state index contributed by atoms with van der Waals surface area (Å²) in [7, 11) is 4.25. The molecule has 0 saturated heterocycles. The average Bonchev–Trinajstić information content (AvgIpc) is 2.57. The smallest absolute Gasteiger partial charge is 0.0797 e. The summed E-state index contributed by atoms with van der Waals surface area (Å²) in [4.78, 5) is 7.92. The van der Waals surface area contributed by atoms with E-state index >= 15 is 0 Å². The number of rotatable bonds is 7. The van der Waals surface area contributed by atoms with Crippen molar-refractivity contribution in [2.75, 3.05) is 33.7 Å². The topological polar surface area (TPSA) is 28.2 Å². The molecule has 0 fully saturated rings. The first-order valence-electron chi connectivity index (χ1n) is 6.15. The van der Waals surface area contributed by atoms with Crippen LogP contribution in [0.1, 0.15) is 24.4 Å². The summed E-state index contributed by atoms with van der Waals surface area (Å²) in [5, 5.41) is 3.55. The first kappa shape index (κ1) is 14.6. The zero-order valence-corrected chi connectivity index (χ0v) is 12.5. The molecule has 1 heterocycles. The fourth-order valence-electron chi connectivity index (χ4n) is 2.11. The van der Waals surface area contributed by atoms with Gasteiger partial charge in [0, 0.05) is 24.5 Å². The highest BCUT2D eigenvalue weighted by atomic mass is 32.1. The summed E-state index contributed by atoms with van der Waals surface area (Å²) in [5.74, 6) is 0. The van der Waals surface area contributed by atoms with E-state index in [2.05, 4.69) is 50.1 Å². The van der Waals surface area contributed by atoms with Crippen LogP contribution in [0.3, 0.4) is 0 Å². The predicted octanol–water partition coefficient (Wildman–Crippen LogP) is 2.17. The molecular weight excluding hydrogens is 230 g/mol. The molecule has 1 aromatic rings. The van der Waals surface area contributed by atoms with Crippen LogP contribution >= 0.6 is 11.3 Å². The zero-order chi connectivity index (χ0) is 12.9. The number of hydrogen-bond donors (Lipinski definition) is 1. The van der Waals surface area contributed by atoms with Crippen molar-refractivity contribution in [2.45, 2.75) is 27.2 Å². The lowest BCUT2D eigenvalue weighted by molar-refractivity contribution is 0.233. The van der Waals surface area contributed by atoms with Gasteiger partial charge in [-0.2, -0.15) is 0 Å². The zero-order valence-electron chi connectivity index (χ0n) is 11.7. The van der Waals surface area contributed by atoms with Crippen molar-refractivity contribution in [3.63, 3.8) is 0 Å². The minimum atomic E-state index is 0.326. The second kappa shape index (κ2) is 6.47. The fourth-order valence-corrected chi connectivity index (χ4v) is 2.89. The number of aromatic nitrogens is 1. The van der Waals surface area contributed by atoms with Crippen molar-refractivity contribution >= 4 is 11.3 Å². The highest BCUT2D eigenvalue weighted by molar-refractivity contribution is 7.09. The van der Waals surface area contributed by atoms with Gasteiger partial charge in [-0.25, -0.2) is 4.98 Å². The van der Waals surface area contributed by atoms with E-state index in [0.29, 0.717) is 5.41 Å². The van der Waals surface area contributed by atoms with Crippen LogP contribution in [-0.2, 0) is 6.42 Å². The van der Waals surface area contributed by atoms with Gasteiger partial charge in [0.05, 0.1) is 11.2 Å². The van der Waals surface area contributed by atoms with Crippen molar-refractivity contribution in [2.24, 2.45) is 5.41 Å². The minimum absolute atomic E-state index is 0.326.